The van der Waals surface area contributed by atoms with Crippen LogP contribution in [0, 0.1) is 19.3 Å². The van der Waals surface area contributed by atoms with Crippen molar-refractivity contribution in [3.05, 3.63) is 53.5 Å². The van der Waals surface area contributed by atoms with Crippen molar-refractivity contribution < 1.29 is 4.79 Å². The summed E-state index contributed by atoms with van der Waals surface area (Å²) in [4.78, 5) is 27.2. The van der Waals surface area contributed by atoms with Crippen molar-refractivity contribution in [3.63, 3.8) is 0 Å². The molecule has 0 bridgehead atoms. The monoisotopic (exact) mass is 390 g/mol. The van der Waals surface area contributed by atoms with Crippen LogP contribution in [-0.2, 0) is 4.79 Å². The van der Waals surface area contributed by atoms with E-state index in [2.05, 4.69) is 39.0 Å². The first-order valence-electron chi connectivity index (χ1n) is 11.0. The van der Waals surface area contributed by atoms with E-state index in [4.69, 9.17) is 4.98 Å². The molecule has 2 saturated heterocycles. The molecule has 152 valence electrons. The molecule has 3 aliphatic rings. The van der Waals surface area contributed by atoms with Gasteiger partial charge in [0.2, 0.25) is 5.91 Å². The molecule has 0 unspecified atom stereocenters. The minimum absolute atomic E-state index is 0.0117. The van der Waals surface area contributed by atoms with Crippen LogP contribution < -0.4 is 4.90 Å². The smallest absolute Gasteiger partial charge is 0.230 e. The van der Waals surface area contributed by atoms with E-state index >= 15 is 0 Å². The second-order valence-corrected chi connectivity index (χ2v) is 9.27. The fraction of sp³-hybridized carbons (Fsp3) is 0.542. The third-order valence-electron chi connectivity index (χ3n) is 7.09. The maximum atomic E-state index is 13.3. The molecule has 5 rings (SSSR count). The second kappa shape index (κ2) is 7.12. The fourth-order valence-electron chi connectivity index (χ4n) is 5.24. The third-order valence-corrected chi connectivity index (χ3v) is 7.09. The summed E-state index contributed by atoms with van der Waals surface area (Å²) in [6.07, 6.45) is 7.39. The number of carbonyl (C=O) groups excluding carboxylic acids is 1. The molecule has 29 heavy (non-hydrogen) atoms. The largest absolute Gasteiger partial charge is 0.355 e. The zero-order chi connectivity index (χ0) is 20.0. The van der Waals surface area contributed by atoms with Crippen molar-refractivity contribution in [2.24, 2.45) is 5.41 Å². The maximum Gasteiger partial charge on any atom is 0.230 e. The summed E-state index contributed by atoms with van der Waals surface area (Å²) in [6.45, 7) is 6.98. The van der Waals surface area contributed by atoms with Gasteiger partial charge in [-0.15, -0.1) is 0 Å². The summed E-state index contributed by atoms with van der Waals surface area (Å²) in [5.41, 5.74) is 3.38. The van der Waals surface area contributed by atoms with Crippen LogP contribution in [0.1, 0.15) is 55.0 Å². The summed E-state index contributed by atoms with van der Waals surface area (Å²) in [5.74, 6) is 1.40. The van der Waals surface area contributed by atoms with Gasteiger partial charge >= 0.3 is 0 Å². The predicted octanol–water partition coefficient (Wildman–Crippen LogP) is 3.86. The molecule has 1 atom stereocenters. The van der Waals surface area contributed by atoms with Crippen molar-refractivity contribution in [2.45, 2.75) is 57.9 Å². The Balaban J connectivity index is 1.38. The lowest BCUT2D eigenvalue weighted by atomic mass is 9.67. The van der Waals surface area contributed by atoms with Gasteiger partial charge in [-0.2, -0.15) is 0 Å². The number of rotatable bonds is 3. The molecule has 0 radical (unpaired) electrons. The Hall–Kier alpha value is -2.43. The highest BCUT2D eigenvalue weighted by molar-refractivity contribution is 5.85. The van der Waals surface area contributed by atoms with E-state index in [1.54, 1.807) is 0 Å². The number of benzene rings is 1. The predicted molar refractivity (Wildman–Crippen MR) is 114 cm³/mol. The van der Waals surface area contributed by atoms with Crippen LogP contribution >= 0.6 is 0 Å². The van der Waals surface area contributed by atoms with Crippen molar-refractivity contribution in [3.8, 4) is 0 Å². The van der Waals surface area contributed by atoms with Gasteiger partial charge in [-0.05, 0) is 56.9 Å². The van der Waals surface area contributed by atoms with Crippen molar-refractivity contribution in [1.29, 1.82) is 0 Å². The molecule has 1 spiro atoms. The Bertz CT molecular complexity index is 900. The number of amides is 1. The molecule has 2 aromatic rings. The number of anilines is 1. The van der Waals surface area contributed by atoms with Gasteiger partial charge in [0.05, 0.1) is 17.3 Å². The van der Waals surface area contributed by atoms with Crippen LogP contribution in [0.5, 0.6) is 0 Å². The standard InChI is InChI=1S/C24H30N4O/c1-17-15-25-18(2)22(26-17)27-12-10-24(11-13-27)14-21(19-6-4-3-5-7-19)23(29)28(16-24)20-8-9-20/h3-7,15,20-21H,8-14,16H2,1-2H3/t21-/m1/s1. The quantitative estimate of drug-likeness (QED) is 0.799. The molecular formula is C24H30N4O. The van der Waals surface area contributed by atoms with Gasteiger partial charge in [-0.25, -0.2) is 4.98 Å². The summed E-state index contributed by atoms with van der Waals surface area (Å²) in [5, 5.41) is 0. The first-order valence-corrected chi connectivity index (χ1v) is 11.0. The van der Waals surface area contributed by atoms with Gasteiger partial charge in [0.15, 0.2) is 0 Å². The normalized spacial score (nSPS) is 24.2. The Kier molecular flexibility index (Phi) is 4.56. The van der Waals surface area contributed by atoms with Gasteiger partial charge in [0.25, 0.3) is 0 Å². The Labute approximate surface area is 173 Å². The van der Waals surface area contributed by atoms with E-state index < -0.39 is 0 Å². The average Bonchev–Trinajstić information content (AvgIpc) is 3.58. The van der Waals surface area contributed by atoms with Gasteiger partial charge in [0.1, 0.15) is 5.82 Å². The lowest BCUT2D eigenvalue weighted by Gasteiger charge is -2.50. The number of aromatic nitrogens is 2. The molecule has 3 fully saturated rings. The summed E-state index contributed by atoms with van der Waals surface area (Å²) >= 11 is 0. The third kappa shape index (κ3) is 3.52. The zero-order valence-electron chi connectivity index (χ0n) is 17.5. The lowest BCUT2D eigenvalue weighted by Crippen LogP contribution is -2.54. The number of piperidine rings is 2. The van der Waals surface area contributed by atoms with E-state index in [9.17, 15) is 4.79 Å². The van der Waals surface area contributed by atoms with Crippen LogP contribution in [-0.4, -0.2) is 46.5 Å². The molecule has 1 amide bonds. The highest BCUT2D eigenvalue weighted by Gasteiger charge is 2.49. The SMILES string of the molecule is Cc1cnc(C)c(N2CCC3(CC2)C[C@H](c2ccccc2)C(=O)N(C2CC2)C3)n1. The van der Waals surface area contributed by atoms with Gasteiger partial charge in [0, 0.05) is 31.9 Å². The molecule has 1 saturated carbocycles. The molecular weight excluding hydrogens is 360 g/mol. The molecule has 3 heterocycles. The highest BCUT2D eigenvalue weighted by atomic mass is 16.2. The van der Waals surface area contributed by atoms with Crippen molar-refractivity contribution >= 4 is 11.7 Å². The number of nitrogens with zero attached hydrogens (tertiary/aromatic N) is 4. The second-order valence-electron chi connectivity index (χ2n) is 9.27. The first kappa shape index (κ1) is 18.6. The number of hydrogen-bond acceptors (Lipinski definition) is 4. The molecule has 1 aliphatic carbocycles. The summed E-state index contributed by atoms with van der Waals surface area (Å²) in [7, 11) is 0. The molecule has 5 nitrogen and oxygen atoms in total. The topological polar surface area (TPSA) is 49.3 Å². The van der Waals surface area contributed by atoms with Crippen LogP contribution in [0.2, 0.25) is 0 Å². The summed E-state index contributed by atoms with van der Waals surface area (Å²) in [6, 6.07) is 10.9. The van der Waals surface area contributed by atoms with Crippen molar-refractivity contribution in [1.82, 2.24) is 14.9 Å². The average molecular weight is 391 g/mol. The first-order chi connectivity index (χ1) is 14.0. The van der Waals surface area contributed by atoms with Crippen molar-refractivity contribution in [2.75, 3.05) is 24.5 Å². The highest BCUT2D eigenvalue weighted by Crippen LogP contribution is 2.48. The number of carbonyl (C=O) groups is 1. The van der Waals surface area contributed by atoms with E-state index in [-0.39, 0.29) is 11.3 Å². The maximum absolute atomic E-state index is 13.3. The van der Waals surface area contributed by atoms with Crippen LogP contribution in [0.15, 0.2) is 36.5 Å². The molecule has 0 N–H and O–H groups in total. The Morgan fingerprint density at radius 2 is 1.79 bits per heavy atom. The molecule has 1 aromatic heterocycles. The van der Waals surface area contributed by atoms with E-state index in [0.29, 0.717) is 11.9 Å². The van der Waals surface area contributed by atoms with Crippen LogP contribution in [0.3, 0.4) is 0 Å². The van der Waals surface area contributed by atoms with E-state index in [0.717, 1.165) is 56.1 Å². The Morgan fingerprint density at radius 3 is 2.48 bits per heavy atom. The van der Waals surface area contributed by atoms with Crippen LogP contribution in [0.25, 0.3) is 0 Å². The molecule has 2 aliphatic heterocycles. The number of likely N-dealkylation sites (tertiary alicyclic amines) is 1. The minimum atomic E-state index is 0.0117. The van der Waals surface area contributed by atoms with E-state index in [1.807, 2.05) is 26.1 Å². The van der Waals surface area contributed by atoms with E-state index in [1.165, 1.54) is 18.4 Å². The lowest BCUT2D eigenvalue weighted by molar-refractivity contribution is -0.141. The van der Waals surface area contributed by atoms with Gasteiger partial charge < -0.3 is 9.80 Å². The van der Waals surface area contributed by atoms with Gasteiger partial charge in [-0.1, -0.05) is 30.3 Å². The molecule has 5 heteroatoms. The minimum Gasteiger partial charge on any atom is -0.355 e. The van der Waals surface area contributed by atoms with Crippen LogP contribution in [0.4, 0.5) is 5.82 Å². The number of aryl methyl sites for hydroxylation is 2. The molecule has 1 aromatic carbocycles. The summed E-state index contributed by atoms with van der Waals surface area (Å²) < 4.78 is 0. The number of hydrogen-bond donors (Lipinski definition) is 0. The van der Waals surface area contributed by atoms with Gasteiger partial charge in [-0.3, -0.25) is 9.78 Å². The Morgan fingerprint density at radius 1 is 1.07 bits per heavy atom. The fourth-order valence-corrected chi connectivity index (χ4v) is 5.24. The zero-order valence-corrected chi connectivity index (χ0v) is 17.5.